The number of amides is 1. The molecule has 0 radical (unpaired) electrons. The van der Waals surface area contributed by atoms with Gasteiger partial charge in [0.25, 0.3) is 0 Å². The summed E-state index contributed by atoms with van der Waals surface area (Å²) < 4.78 is 4.93. The summed E-state index contributed by atoms with van der Waals surface area (Å²) >= 11 is 0. The van der Waals surface area contributed by atoms with Gasteiger partial charge in [-0.15, -0.1) is 0 Å². The molecule has 104 valence electrons. The lowest BCUT2D eigenvalue weighted by molar-refractivity contribution is -0.132. The van der Waals surface area contributed by atoms with Crippen LogP contribution in [0.15, 0.2) is 18.3 Å². The summed E-state index contributed by atoms with van der Waals surface area (Å²) in [7, 11) is 1.61. The highest BCUT2D eigenvalue weighted by Crippen LogP contribution is 2.15. The quantitative estimate of drug-likeness (QED) is 0.849. The lowest BCUT2D eigenvalue weighted by Crippen LogP contribution is -2.49. The Morgan fingerprint density at radius 2 is 2.11 bits per heavy atom. The van der Waals surface area contributed by atoms with Crippen LogP contribution in [0.1, 0.15) is 6.42 Å². The number of nitrogens with zero attached hydrogens (tertiary/aromatic N) is 3. The molecule has 0 spiro atoms. The van der Waals surface area contributed by atoms with Crippen LogP contribution in [0.5, 0.6) is 0 Å². The Hall–Kier alpha value is -1.82. The van der Waals surface area contributed by atoms with Gasteiger partial charge in [0.15, 0.2) is 0 Å². The molecule has 1 aromatic rings. The Labute approximate surface area is 113 Å². The van der Waals surface area contributed by atoms with Gasteiger partial charge in [0.05, 0.1) is 24.9 Å². The fourth-order valence-electron chi connectivity index (χ4n) is 2.12. The van der Waals surface area contributed by atoms with Gasteiger partial charge in [-0.05, 0) is 12.1 Å². The Morgan fingerprint density at radius 1 is 1.37 bits per heavy atom. The fourth-order valence-corrected chi connectivity index (χ4v) is 2.12. The van der Waals surface area contributed by atoms with Gasteiger partial charge >= 0.3 is 0 Å². The number of piperazine rings is 1. The molecule has 0 unspecified atom stereocenters. The van der Waals surface area contributed by atoms with Crippen LogP contribution in [0.3, 0.4) is 0 Å². The van der Waals surface area contributed by atoms with Crippen LogP contribution in [0.2, 0.25) is 0 Å². The lowest BCUT2D eigenvalue weighted by Gasteiger charge is -2.35. The fraction of sp³-hybridized carbons (Fsp3) is 0.538. The molecule has 2 rings (SSSR count). The number of anilines is 2. The van der Waals surface area contributed by atoms with Crippen LogP contribution in [0, 0.1) is 0 Å². The highest BCUT2D eigenvalue weighted by molar-refractivity contribution is 5.76. The first-order valence-corrected chi connectivity index (χ1v) is 6.44. The van der Waals surface area contributed by atoms with E-state index in [1.54, 1.807) is 13.3 Å². The van der Waals surface area contributed by atoms with E-state index in [0.717, 1.165) is 32.0 Å². The summed E-state index contributed by atoms with van der Waals surface area (Å²) in [6.45, 7) is 3.55. The molecule has 1 aromatic heterocycles. The third-order valence-electron chi connectivity index (χ3n) is 3.25. The third kappa shape index (κ3) is 3.57. The summed E-state index contributed by atoms with van der Waals surface area (Å²) in [5, 5.41) is 0. The molecule has 1 saturated heterocycles. The monoisotopic (exact) mass is 264 g/mol. The zero-order chi connectivity index (χ0) is 13.7. The number of aromatic nitrogens is 1. The summed E-state index contributed by atoms with van der Waals surface area (Å²) in [4.78, 5) is 20.2. The molecule has 0 bridgehead atoms. The minimum atomic E-state index is 0.159. The van der Waals surface area contributed by atoms with Crippen molar-refractivity contribution in [1.82, 2.24) is 9.88 Å². The van der Waals surface area contributed by atoms with Crippen LogP contribution >= 0.6 is 0 Å². The molecule has 1 aliphatic heterocycles. The molecule has 6 nitrogen and oxygen atoms in total. The van der Waals surface area contributed by atoms with E-state index in [1.807, 2.05) is 17.0 Å². The van der Waals surface area contributed by atoms with E-state index in [1.165, 1.54) is 0 Å². The van der Waals surface area contributed by atoms with E-state index in [0.29, 0.717) is 18.7 Å². The van der Waals surface area contributed by atoms with E-state index in [2.05, 4.69) is 9.88 Å². The average Bonchev–Trinajstić information content (AvgIpc) is 2.46. The number of rotatable bonds is 4. The number of carbonyl (C=O) groups is 1. The van der Waals surface area contributed by atoms with Crippen LogP contribution in [0.25, 0.3) is 0 Å². The summed E-state index contributed by atoms with van der Waals surface area (Å²) in [5.74, 6) is 1.07. The molecule has 0 atom stereocenters. The minimum Gasteiger partial charge on any atom is -0.397 e. The number of ether oxygens (including phenoxy) is 1. The summed E-state index contributed by atoms with van der Waals surface area (Å²) in [5.41, 5.74) is 6.28. The number of pyridine rings is 1. The Bertz CT molecular complexity index is 413. The highest BCUT2D eigenvalue weighted by atomic mass is 16.5. The first-order chi connectivity index (χ1) is 9.20. The van der Waals surface area contributed by atoms with E-state index in [9.17, 15) is 4.79 Å². The van der Waals surface area contributed by atoms with Gasteiger partial charge < -0.3 is 20.3 Å². The molecule has 2 heterocycles. The van der Waals surface area contributed by atoms with Crippen LogP contribution in [-0.2, 0) is 9.53 Å². The number of hydrogen-bond donors (Lipinski definition) is 1. The number of nitrogen functional groups attached to an aromatic ring is 1. The third-order valence-corrected chi connectivity index (χ3v) is 3.25. The molecule has 0 aliphatic carbocycles. The van der Waals surface area contributed by atoms with Crippen molar-refractivity contribution in [2.24, 2.45) is 0 Å². The van der Waals surface area contributed by atoms with E-state index in [4.69, 9.17) is 10.5 Å². The second-order valence-corrected chi connectivity index (χ2v) is 4.56. The van der Waals surface area contributed by atoms with Crippen molar-refractivity contribution >= 4 is 17.4 Å². The zero-order valence-corrected chi connectivity index (χ0v) is 11.2. The summed E-state index contributed by atoms with van der Waals surface area (Å²) in [6.07, 6.45) is 2.11. The number of carbonyl (C=O) groups excluding carboxylic acids is 1. The van der Waals surface area contributed by atoms with Gasteiger partial charge in [-0.25, -0.2) is 4.98 Å². The molecule has 1 aliphatic rings. The minimum absolute atomic E-state index is 0.159. The van der Waals surface area contributed by atoms with Gasteiger partial charge in [-0.1, -0.05) is 0 Å². The molecule has 0 aromatic carbocycles. The van der Waals surface area contributed by atoms with Gasteiger partial charge in [-0.3, -0.25) is 4.79 Å². The van der Waals surface area contributed by atoms with Gasteiger partial charge in [0.1, 0.15) is 5.82 Å². The molecule has 2 N–H and O–H groups in total. The smallest absolute Gasteiger partial charge is 0.225 e. The molecule has 1 amide bonds. The SMILES string of the molecule is COCCC(=O)N1CCN(c2ccc(N)cn2)CC1. The first-order valence-electron chi connectivity index (χ1n) is 6.44. The van der Waals surface area contributed by atoms with Crippen molar-refractivity contribution in [2.45, 2.75) is 6.42 Å². The van der Waals surface area contributed by atoms with Crippen molar-refractivity contribution in [3.8, 4) is 0 Å². The maximum absolute atomic E-state index is 11.8. The van der Waals surface area contributed by atoms with Crippen molar-refractivity contribution in [2.75, 3.05) is 50.5 Å². The van der Waals surface area contributed by atoms with Crippen LogP contribution in [-0.4, -0.2) is 55.7 Å². The van der Waals surface area contributed by atoms with Gasteiger partial charge in [0, 0.05) is 33.3 Å². The Kier molecular flexibility index (Phi) is 4.57. The normalized spacial score (nSPS) is 15.6. The number of hydrogen-bond acceptors (Lipinski definition) is 5. The van der Waals surface area contributed by atoms with E-state index in [-0.39, 0.29) is 5.91 Å². The second-order valence-electron chi connectivity index (χ2n) is 4.56. The number of methoxy groups -OCH3 is 1. The molecule has 6 heteroatoms. The maximum Gasteiger partial charge on any atom is 0.225 e. The Morgan fingerprint density at radius 3 is 2.68 bits per heavy atom. The zero-order valence-electron chi connectivity index (χ0n) is 11.2. The van der Waals surface area contributed by atoms with Crippen molar-refractivity contribution in [3.05, 3.63) is 18.3 Å². The Balaban J connectivity index is 1.85. The van der Waals surface area contributed by atoms with Crippen LogP contribution in [0.4, 0.5) is 11.5 Å². The second kappa shape index (κ2) is 6.38. The molecule has 1 fully saturated rings. The van der Waals surface area contributed by atoms with Crippen molar-refractivity contribution in [3.63, 3.8) is 0 Å². The predicted octanol–water partition coefficient (Wildman–Crippen LogP) is 0.349. The van der Waals surface area contributed by atoms with Crippen molar-refractivity contribution < 1.29 is 9.53 Å². The lowest BCUT2D eigenvalue weighted by atomic mass is 10.2. The first kappa shape index (κ1) is 13.6. The topological polar surface area (TPSA) is 71.7 Å². The van der Waals surface area contributed by atoms with Crippen molar-refractivity contribution in [1.29, 1.82) is 0 Å². The maximum atomic E-state index is 11.8. The van der Waals surface area contributed by atoms with Gasteiger partial charge in [-0.2, -0.15) is 0 Å². The standard InChI is InChI=1S/C13H20N4O2/c1-19-9-4-13(18)17-7-5-16(6-8-17)12-3-2-11(14)10-15-12/h2-3,10H,4-9,14H2,1H3. The number of nitrogens with two attached hydrogens (primary N) is 1. The molecule has 0 saturated carbocycles. The van der Waals surface area contributed by atoms with E-state index >= 15 is 0 Å². The molecular formula is C13H20N4O2. The average molecular weight is 264 g/mol. The summed E-state index contributed by atoms with van der Waals surface area (Å²) in [6, 6.07) is 3.76. The predicted molar refractivity (Wildman–Crippen MR) is 73.9 cm³/mol. The highest BCUT2D eigenvalue weighted by Gasteiger charge is 2.21. The van der Waals surface area contributed by atoms with Crippen LogP contribution < -0.4 is 10.6 Å². The van der Waals surface area contributed by atoms with Gasteiger partial charge in [0.2, 0.25) is 5.91 Å². The van der Waals surface area contributed by atoms with E-state index < -0.39 is 0 Å². The largest absolute Gasteiger partial charge is 0.397 e. The molecular weight excluding hydrogens is 244 g/mol. The molecule has 19 heavy (non-hydrogen) atoms.